The Balaban J connectivity index is 1.42. The Morgan fingerprint density at radius 2 is 2.00 bits per heavy atom. The van der Waals surface area contributed by atoms with Crippen LogP contribution >= 0.6 is 15.9 Å². The van der Waals surface area contributed by atoms with Crippen LogP contribution in [0.2, 0.25) is 0 Å². The predicted octanol–water partition coefficient (Wildman–Crippen LogP) is 5.07. The lowest BCUT2D eigenvalue weighted by Crippen LogP contribution is -2.24. The topological polar surface area (TPSA) is 69.3 Å². The molecule has 3 aromatic rings. The number of nitrogens with zero attached hydrogens (tertiary/aromatic N) is 2. The van der Waals surface area contributed by atoms with E-state index >= 15 is 0 Å². The van der Waals surface area contributed by atoms with E-state index in [-0.39, 0.29) is 18.3 Å². The lowest BCUT2D eigenvalue weighted by Gasteiger charge is -2.08. The lowest BCUT2D eigenvalue weighted by molar-refractivity contribution is 0.0921. The fraction of sp³-hybridized carbons (Fsp3) is 0.364. The van der Waals surface area contributed by atoms with Gasteiger partial charge in [0.05, 0.1) is 10.2 Å². The highest BCUT2D eigenvalue weighted by Gasteiger charge is 2.11. The maximum Gasteiger partial charge on any atom is 0.286 e. The van der Waals surface area contributed by atoms with Crippen LogP contribution in [0.3, 0.4) is 0 Å². The van der Waals surface area contributed by atoms with Crippen LogP contribution in [0.15, 0.2) is 51.5 Å². The SMILES string of the molecule is Cc1nn(CCCNC(=O)c2ccc(COc3ccc(C(C)C)cc3)o2)cc1Br. The van der Waals surface area contributed by atoms with Gasteiger partial charge >= 0.3 is 0 Å². The molecule has 0 saturated carbocycles. The van der Waals surface area contributed by atoms with Crippen molar-refractivity contribution in [2.45, 2.75) is 46.3 Å². The van der Waals surface area contributed by atoms with Gasteiger partial charge in [0.2, 0.25) is 0 Å². The zero-order valence-corrected chi connectivity index (χ0v) is 18.5. The van der Waals surface area contributed by atoms with Crippen LogP contribution in [0.5, 0.6) is 5.75 Å². The summed E-state index contributed by atoms with van der Waals surface area (Å²) in [6, 6.07) is 11.5. The highest BCUT2D eigenvalue weighted by atomic mass is 79.9. The summed E-state index contributed by atoms with van der Waals surface area (Å²) in [5.74, 6) is 1.93. The van der Waals surface area contributed by atoms with Gasteiger partial charge in [-0.05, 0) is 65.0 Å². The molecule has 154 valence electrons. The number of rotatable bonds is 9. The van der Waals surface area contributed by atoms with Crippen LogP contribution in [0, 0.1) is 6.92 Å². The monoisotopic (exact) mass is 459 g/mol. The molecular weight excluding hydrogens is 434 g/mol. The molecule has 0 atom stereocenters. The third kappa shape index (κ3) is 5.97. The first-order valence-electron chi connectivity index (χ1n) is 9.71. The Kier molecular flexibility index (Phi) is 7.14. The number of aryl methyl sites for hydroxylation is 2. The fourth-order valence-corrected chi connectivity index (χ4v) is 3.13. The van der Waals surface area contributed by atoms with Crippen LogP contribution < -0.4 is 10.1 Å². The second kappa shape index (κ2) is 9.78. The van der Waals surface area contributed by atoms with E-state index in [1.54, 1.807) is 12.1 Å². The molecule has 2 heterocycles. The molecule has 1 amide bonds. The van der Waals surface area contributed by atoms with Crippen molar-refractivity contribution in [1.82, 2.24) is 15.1 Å². The van der Waals surface area contributed by atoms with Crippen molar-refractivity contribution >= 4 is 21.8 Å². The van der Waals surface area contributed by atoms with Gasteiger partial charge in [-0.3, -0.25) is 9.48 Å². The highest BCUT2D eigenvalue weighted by Crippen LogP contribution is 2.20. The molecule has 0 spiro atoms. The molecule has 1 N–H and O–H groups in total. The van der Waals surface area contributed by atoms with Crippen molar-refractivity contribution in [1.29, 1.82) is 0 Å². The number of aromatic nitrogens is 2. The first-order valence-corrected chi connectivity index (χ1v) is 10.5. The number of hydrogen-bond acceptors (Lipinski definition) is 4. The van der Waals surface area contributed by atoms with Crippen LogP contribution in [0.4, 0.5) is 0 Å². The summed E-state index contributed by atoms with van der Waals surface area (Å²) in [6.45, 7) is 7.82. The van der Waals surface area contributed by atoms with Gasteiger partial charge in [0, 0.05) is 19.3 Å². The molecule has 0 aliphatic rings. The van der Waals surface area contributed by atoms with Gasteiger partial charge in [0.15, 0.2) is 5.76 Å². The first kappa shape index (κ1) is 21.2. The maximum atomic E-state index is 12.2. The quantitative estimate of drug-likeness (QED) is 0.453. The summed E-state index contributed by atoms with van der Waals surface area (Å²) >= 11 is 3.44. The van der Waals surface area contributed by atoms with Crippen LogP contribution in [0.1, 0.15) is 53.8 Å². The Morgan fingerprint density at radius 1 is 1.24 bits per heavy atom. The number of amides is 1. The molecule has 0 aliphatic carbocycles. The van der Waals surface area contributed by atoms with E-state index in [9.17, 15) is 4.79 Å². The van der Waals surface area contributed by atoms with Gasteiger partial charge < -0.3 is 14.5 Å². The summed E-state index contributed by atoms with van der Waals surface area (Å²) in [6.07, 6.45) is 2.72. The molecule has 29 heavy (non-hydrogen) atoms. The zero-order valence-electron chi connectivity index (χ0n) is 16.9. The number of halogens is 1. The molecule has 6 nitrogen and oxygen atoms in total. The minimum atomic E-state index is -0.227. The second-order valence-electron chi connectivity index (χ2n) is 7.21. The van der Waals surface area contributed by atoms with Gasteiger partial charge in [-0.1, -0.05) is 26.0 Å². The number of carbonyl (C=O) groups is 1. The average molecular weight is 460 g/mol. The molecule has 7 heteroatoms. The minimum absolute atomic E-state index is 0.227. The van der Waals surface area contributed by atoms with E-state index in [4.69, 9.17) is 9.15 Å². The molecule has 2 aromatic heterocycles. The molecule has 0 bridgehead atoms. The molecule has 0 radical (unpaired) electrons. The zero-order chi connectivity index (χ0) is 20.8. The van der Waals surface area contributed by atoms with E-state index in [1.807, 2.05) is 29.9 Å². The number of furan rings is 1. The molecule has 3 rings (SSSR count). The highest BCUT2D eigenvalue weighted by molar-refractivity contribution is 9.10. The molecule has 0 saturated heterocycles. The molecule has 1 aromatic carbocycles. The van der Waals surface area contributed by atoms with Crippen molar-refractivity contribution in [3.63, 3.8) is 0 Å². The van der Waals surface area contributed by atoms with E-state index in [0.717, 1.165) is 28.9 Å². The predicted molar refractivity (Wildman–Crippen MR) is 115 cm³/mol. The summed E-state index contributed by atoms with van der Waals surface area (Å²) in [7, 11) is 0. The largest absolute Gasteiger partial charge is 0.486 e. The molecule has 0 aliphatic heterocycles. The van der Waals surface area contributed by atoms with Gasteiger partial charge in [-0.15, -0.1) is 0 Å². The number of nitrogens with one attached hydrogen (secondary N) is 1. The Hall–Kier alpha value is -2.54. The average Bonchev–Trinajstić information content (AvgIpc) is 3.30. The second-order valence-corrected chi connectivity index (χ2v) is 8.07. The maximum absolute atomic E-state index is 12.2. The summed E-state index contributed by atoms with van der Waals surface area (Å²) in [4.78, 5) is 12.2. The lowest BCUT2D eigenvalue weighted by atomic mass is 10.0. The van der Waals surface area contributed by atoms with Crippen molar-refractivity contribution in [3.05, 3.63) is 69.8 Å². The van der Waals surface area contributed by atoms with E-state index in [0.29, 0.717) is 18.2 Å². The standard InChI is InChI=1S/C22H26BrN3O3/c1-15(2)17-5-7-18(8-6-17)28-14-19-9-10-21(29-19)22(27)24-11-4-12-26-13-20(23)16(3)25-26/h5-10,13,15H,4,11-12,14H2,1-3H3,(H,24,27). The Bertz CT molecular complexity index is 925. The third-order valence-corrected chi connectivity index (χ3v) is 5.33. The van der Waals surface area contributed by atoms with Gasteiger partial charge in [-0.2, -0.15) is 5.10 Å². The van der Waals surface area contributed by atoms with Crippen molar-refractivity contribution < 1.29 is 13.9 Å². The van der Waals surface area contributed by atoms with Crippen molar-refractivity contribution in [2.24, 2.45) is 0 Å². The van der Waals surface area contributed by atoms with Crippen molar-refractivity contribution in [2.75, 3.05) is 6.54 Å². The molecule has 0 unspecified atom stereocenters. The van der Waals surface area contributed by atoms with E-state index < -0.39 is 0 Å². The molecule has 0 fully saturated rings. The van der Waals surface area contributed by atoms with Crippen LogP contribution in [-0.2, 0) is 13.2 Å². The number of hydrogen-bond donors (Lipinski definition) is 1. The van der Waals surface area contributed by atoms with Crippen LogP contribution in [0.25, 0.3) is 0 Å². The summed E-state index contributed by atoms with van der Waals surface area (Å²) in [5.41, 5.74) is 2.22. The minimum Gasteiger partial charge on any atom is -0.486 e. The normalized spacial score (nSPS) is 11.1. The van der Waals surface area contributed by atoms with Crippen molar-refractivity contribution in [3.8, 4) is 5.75 Å². The van der Waals surface area contributed by atoms with E-state index in [2.05, 4.69) is 52.3 Å². The Morgan fingerprint density at radius 3 is 2.66 bits per heavy atom. The Labute approximate surface area is 179 Å². The first-order chi connectivity index (χ1) is 13.9. The number of carbonyl (C=O) groups excluding carboxylic acids is 1. The summed E-state index contributed by atoms with van der Waals surface area (Å²) in [5, 5.41) is 7.24. The molecular formula is C22H26BrN3O3. The van der Waals surface area contributed by atoms with Crippen LogP contribution in [-0.4, -0.2) is 22.2 Å². The number of benzene rings is 1. The van der Waals surface area contributed by atoms with Gasteiger partial charge in [-0.25, -0.2) is 0 Å². The van der Waals surface area contributed by atoms with E-state index in [1.165, 1.54) is 5.56 Å². The number of ether oxygens (including phenoxy) is 1. The third-order valence-electron chi connectivity index (χ3n) is 4.55. The van der Waals surface area contributed by atoms with Gasteiger partial charge in [0.25, 0.3) is 5.91 Å². The van der Waals surface area contributed by atoms with Gasteiger partial charge in [0.1, 0.15) is 18.1 Å². The smallest absolute Gasteiger partial charge is 0.286 e. The fourth-order valence-electron chi connectivity index (χ4n) is 2.82. The summed E-state index contributed by atoms with van der Waals surface area (Å²) < 4.78 is 14.2.